The van der Waals surface area contributed by atoms with Crippen LogP contribution in [0.25, 0.3) is 0 Å². The van der Waals surface area contributed by atoms with Crippen LogP contribution in [0.1, 0.15) is 16.7 Å². The second-order valence-electron chi connectivity index (χ2n) is 7.48. The third-order valence-corrected chi connectivity index (χ3v) is 9.58. The second-order valence-corrected chi connectivity index (χ2v) is 12.8. The maximum atomic E-state index is 12.4. The number of hydrogen-bond acceptors (Lipinski definition) is 6. The van der Waals surface area contributed by atoms with Gasteiger partial charge in [0.2, 0.25) is 0 Å². The summed E-state index contributed by atoms with van der Waals surface area (Å²) in [4.78, 5) is 0.0267. The molecule has 3 rings (SSSR count). The molecule has 0 radical (unpaired) electrons. The molecule has 0 aliphatic heterocycles. The molecule has 3 aromatic carbocycles. The molecule has 0 aliphatic carbocycles. The first kappa shape index (κ1) is 25.3. The van der Waals surface area contributed by atoms with Crippen LogP contribution >= 0.6 is 7.92 Å². The lowest BCUT2D eigenvalue weighted by Crippen LogP contribution is -2.25. The topological polar surface area (TPSA) is 107 Å². The van der Waals surface area contributed by atoms with Crippen molar-refractivity contribution in [2.45, 2.75) is 24.5 Å². The van der Waals surface area contributed by atoms with E-state index in [4.69, 9.17) is 8.92 Å². The summed E-state index contributed by atoms with van der Waals surface area (Å²) in [6.07, 6.45) is 0. The highest BCUT2D eigenvalue weighted by molar-refractivity contribution is 7.87. The smallest absolute Gasteiger partial charge is 0.296 e. The van der Waals surface area contributed by atoms with Gasteiger partial charge in [0.15, 0.2) is 0 Å². The van der Waals surface area contributed by atoms with Crippen LogP contribution in [0.2, 0.25) is 0 Å². The quantitative estimate of drug-likeness (QED) is 0.283. The van der Waals surface area contributed by atoms with Crippen LogP contribution in [0, 0.1) is 13.8 Å². The molecule has 0 aromatic heterocycles. The summed E-state index contributed by atoms with van der Waals surface area (Å²) in [6, 6.07) is 17.6. The van der Waals surface area contributed by atoms with Crippen molar-refractivity contribution in [3.05, 3.63) is 77.4 Å². The SMILES string of the molecule is COc1ccc(CS(=O)(=O)O)cc1P(c1cccc(C)c1)c1cc(S(=O)(=O)OC)ccc1C. The highest BCUT2D eigenvalue weighted by Gasteiger charge is 2.25. The molecular weight excluding hydrogens is 483 g/mol. The van der Waals surface area contributed by atoms with Crippen molar-refractivity contribution in [1.82, 2.24) is 0 Å². The van der Waals surface area contributed by atoms with E-state index in [1.807, 2.05) is 38.1 Å². The summed E-state index contributed by atoms with van der Waals surface area (Å²) in [5, 5.41) is 2.40. The lowest BCUT2D eigenvalue weighted by molar-refractivity contribution is 0.398. The molecule has 3 aromatic rings. The zero-order valence-corrected chi connectivity index (χ0v) is 21.2. The van der Waals surface area contributed by atoms with E-state index in [0.29, 0.717) is 16.6 Å². The first-order valence-electron chi connectivity index (χ1n) is 9.85. The predicted molar refractivity (Wildman–Crippen MR) is 131 cm³/mol. The van der Waals surface area contributed by atoms with E-state index in [-0.39, 0.29) is 4.90 Å². The van der Waals surface area contributed by atoms with Gasteiger partial charge in [-0.3, -0.25) is 8.74 Å². The average molecular weight is 509 g/mol. The fourth-order valence-electron chi connectivity index (χ4n) is 3.47. The maximum absolute atomic E-state index is 12.4. The summed E-state index contributed by atoms with van der Waals surface area (Å²) in [7, 11) is -6.90. The average Bonchev–Trinajstić information content (AvgIpc) is 2.74. The van der Waals surface area contributed by atoms with Crippen molar-refractivity contribution in [3.63, 3.8) is 0 Å². The first-order valence-corrected chi connectivity index (χ1v) is 14.2. The lowest BCUT2D eigenvalue weighted by atomic mass is 10.2. The van der Waals surface area contributed by atoms with Crippen LogP contribution < -0.4 is 20.7 Å². The Hall–Kier alpha value is -2.29. The van der Waals surface area contributed by atoms with Gasteiger partial charge in [0.25, 0.3) is 20.2 Å². The van der Waals surface area contributed by atoms with Crippen molar-refractivity contribution in [2.75, 3.05) is 14.2 Å². The molecule has 0 saturated carbocycles. The second kappa shape index (κ2) is 9.91. The number of aryl methyl sites for hydroxylation is 2. The van der Waals surface area contributed by atoms with Gasteiger partial charge in [-0.05, 0) is 67.8 Å². The number of methoxy groups -OCH3 is 1. The highest BCUT2D eigenvalue weighted by Crippen LogP contribution is 2.39. The summed E-state index contributed by atoms with van der Waals surface area (Å²) >= 11 is 0. The van der Waals surface area contributed by atoms with E-state index in [1.165, 1.54) is 13.2 Å². The van der Waals surface area contributed by atoms with Crippen molar-refractivity contribution < 1.29 is 30.3 Å². The molecule has 1 unspecified atom stereocenters. The Kier molecular flexibility index (Phi) is 7.61. The predicted octanol–water partition coefficient (Wildman–Crippen LogP) is 2.79. The highest BCUT2D eigenvalue weighted by atomic mass is 32.2. The maximum Gasteiger partial charge on any atom is 0.296 e. The molecule has 0 amide bonds. The molecule has 0 aliphatic rings. The van der Waals surface area contributed by atoms with E-state index in [2.05, 4.69) is 0 Å². The van der Waals surface area contributed by atoms with Crippen LogP contribution in [0.3, 0.4) is 0 Å². The van der Waals surface area contributed by atoms with Crippen LogP contribution in [0.4, 0.5) is 0 Å². The molecule has 0 saturated heterocycles. The van der Waals surface area contributed by atoms with Gasteiger partial charge in [-0.2, -0.15) is 16.8 Å². The Morgan fingerprint density at radius 3 is 2.21 bits per heavy atom. The summed E-state index contributed by atoms with van der Waals surface area (Å²) in [5.74, 6) is -0.0148. The first-order chi connectivity index (χ1) is 15.4. The van der Waals surface area contributed by atoms with Crippen molar-refractivity contribution >= 4 is 44.1 Å². The molecule has 33 heavy (non-hydrogen) atoms. The van der Waals surface area contributed by atoms with Crippen LogP contribution in [0.15, 0.2) is 65.6 Å². The van der Waals surface area contributed by atoms with Gasteiger partial charge in [-0.15, -0.1) is 0 Å². The van der Waals surface area contributed by atoms with E-state index in [1.54, 1.807) is 30.3 Å². The number of rotatable bonds is 8. The van der Waals surface area contributed by atoms with E-state index in [0.717, 1.165) is 28.8 Å². The van der Waals surface area contributed by atoms with Gasteiger partial charge in [0.1, 0.15) is 11.5 Å². The monoisotopic (exact) mass is 508 g/mol. The van der Waals surface area contributed by atoms with E-state index >= 15 is 0 Å². The third-order valence-electron chi connectivity index (χ3n) is 5.02. The van der Waals surface area contributed by atoms with Crippen LogP contribution in [-0.4, -0.2) is 35.6 Å². The van der Waals surface area contributed by atoms with Crippen LogP contribution in [-0.2, 0) is 30.2 Å². The summed E-state index contributed by atoms with van der Waals surface area (Å²) in [6.45, 7) is 3.85. The van der Waals surface area contributed by atoms with Crippen molar-refractivity contribution in [2.24, 2.45) is 0 Å². The molecule has 0 bridgehead atoms. The fourth-order valence-corrected chi connectivity index (χ4v) is 7.61. The lowest BCUT2D eigenvalue weighted by Gasteiger charge is -2.24. The van der Waals surface area contributed by atoms with Gasteiger partial charge in [0, 0.05) is 5.30 Å². The van der Waals surface area contributed by atoms with Crippen molar-refractivity contribution in [3.8, 4) is 5.75 Å². The molecule has 1 N–H and O–H groups in total. The zero-order chi connectivity index (χ0) is 24.4. The standard InChI is InChI=1S/C23H25O7PS2/c1-16-6-5-7-19(12-16)31(22-14-20(10-8-17(22)2)33(27,28)30-4)23-13-18(15-32(24,25)26)9-11-21(23)29-3/h5-14H,15H2,1-4H3,(H,24,25,26). The Morgan fingerprint density at radius 2 is 1.61 bits per heavy atom. The molecule has 10 heteroatoms. The molecule has 176 valence electrons. The largest absolute Gasteiger partial charge is 0.496 e. The third kappa shape index (κ3) is 5.99. The molecule has 0 heterocycles. The Bertz CT molecular complexity index is 1380. The normalized spacial score (nSPS) is 13.0. The fraction of sp³-hybridized carbons (Fsp3) is 0.217. The van der Waals surface area contributed by atoms with E-state index in [9.17, 15) is 21.4 Å². The molecule has 1 atom stereocenters. The molecule has 7 nitrogen and oxygen atoms in total. The van der Waals surface area contributed by atoms with Gasteiger partial charge in [0.05, 0.1) is 19.1 Å². The van der Waals surface area contributed by atoms with Gasteiger partial charge in [-0.1, -0.05) is 42.0 Å². The number of benzene rings is 3. The number of ether oxygens (including phenoxy) is 1. The Balaban J connectivity index is 2.34. The van der Waals surface area contributed by atoms with Crippen molar-refractivity contribution in [1.29, 1.82) is 0 Å². The van der Waals surface area contributed by atoms with Gasteiger partial charge < -0.3 is 4.74 Å². The van der Waals surface area contributed by atoms with Gasteiger partial charge in [-0.25, -0.2) is 0 Å². The Morgan fingerprint density at radius 1 is 0.879 bits per heavy atom. The Labute approximate surface area is 196 Å². The zero-order valence-electron chi connectivity index (χ0n) is 18.6. The summed E-state index contributed by atoms with van der Waals surface area (Å²) in [5.41, 5.74) is 2.28. The molecule has 0 fully saturated rings. The molecular formula is C23H25O7PS2. The minimum Gasteiger partial charge on any atom is -0.496 e. The minimum atomic E-state index is -4.24. The summed E-state index contributed by atoms with van der Waals surface area (Å²) < 4.78 is 67.5. The van der Waals surface area contributed by atoms with Gasteiger partial charge >= 0.3 is 0 Å². The van der Waals surface area contributed by atoms with Crippen LogP contribution in [0.5, 0.6) is 5.75 Å². The molecule has 0 spiro atoms. The number of hydrogen-bond donors (Lipinski definition) is 1. The minimum absolute atomic E-state index is 0.0267. The van der Waals surface area contributed by atoms with E-state index < -0.39 is 33.9 Å².